The number of nitrogens with two attached hydrogens (primary N) is 2. The third kappa shape index (κ3) is 3.43. The van der Waals surface area contributed by atoms with Crippen LogP contribution in [0.2, 0.25) is 0 Å². The fraction of sp³-hybridized carbons (Fsp3) is 0.680. The number of fused-ring (bicyclic) bond motifs is 3. The number of nitrogen functional groups attached to an aromatic ring is 1. The highest BCUT2D eigenvalue weighted by molar-refractivity contribution is 5.82. The molecular weight excluding hydrogens is 358 g/mol. The molecule has 4 heteroatoms. The minimum absolute atomic E-state index is 0.278. The van der Waals surface area contributed by atoms with Crippen LogP contribution in [0.25, 0.3) is 0 Å². The highest BCUT2D eigenvalue weighted by Crippen LogP contribution is 2.53. The Balaban J connectivity index is 1.22. The van der Waals surface area contributed by atoms with E-state index >= 15 is 0 Å². The summed E-state index contributed by atoms with van der Waals surface area (Å²) in [6.07, 6.45) is 15.4. The first-order chi connectivity index (χ1) is 14.0. The van der Waals surface area contributed by atoms with Gasteiger partial charge in [0.2, 0.25) is 0 Å². The Morgan fingerprint density at radius 1 is 1.00 bits per heavy atom. The number of nitrogens with zero attached hydrogens (tertiary/aromatic N) is 1. The van der Waals surface area contributed by atoms with E-state index in [-0.39, 0.29) is 6.04 Å². The Labute approximate surface area is 175 Å². The first-order valence-corrected chi connectivity index (χ1v) is 11.8. The van der Waals surface area contributed by atoms with Crippen molar-refractivity contribution in [1.82, 2.24) is 0 Å². The van der Waals surface area contributed by atoms with Crippen LogP contribution in [0.4, 0.5) is 11.4 Å². The molecule has 0 aromatic heterocycles. The van der Waals surface area contributed by atoms with Gasteiger partial charge in [0.1, 0.15) is 17.5 Å². The van der Waals surface area contributed by atoms with E-state index in [2.05, 4.69) is 37.0 Å². The Hall–Kier alpha value is -1.68. The average molecular weight is 396 g/mol. The molecule has 4 nitrogen and oxygen atoms in total. The van der Waals surface area contributed by atoms with Crippen molar-refractivity contribution in [2.24, 2.45) is 29.4 Å². The Morgan fingerprint density at radius 3 is 2.28 bits per heavy atom. The SMILES string of the molecule is Cc1ccc2c(c1N)N1CC1[C@@](N)(C1CCC(/C=C/C3CCC(C)CC3)CC1)O2. The molecule has 1 saturated heterocycles. The molecule has 0 spiro atoms. The first kappa shape index (κ1) is 19.3. The van der Waals surface area contributed by atoms with Gasteiger partial charge in [-0.15, -0.1) is 0 Å². The Bertz CT molecular complexity index is 790. The number of benzene rings is 1. The van der Waals surface area contributed by atoms with Crippen LogP contribution in [0.3, 0.4) is 0 Å². The molecule has 4 aliphatic rings. The maximum Gasteiger partial charge on any atom is 0.183 e. The molecule has 2 heterocycles. The normalized spacial score (nSPS) is 39.0. The lowest BCUT2D eigenvalue weighted by molar-refractivity contribution is -0.0101. The zero-order chi connectivity index (χ0) is 20.2. The molecular formula is C25H37N3O. The summed E-state index contributed by atoms with van der Waals surface area (Å²) < 4.78 is 6.49. The number of aryl methyl sites for hydroxylation is 1. The lowest BCUT2D eigenvalue weighted by Crippen LogP contribution is -2.60. The topological polar surface area (TPSA) is 64.3 Å². The van der Waals surface area contributed by atoms with E-state index in [0.717, 1.165) is 59.8 Å². The minimum Gasteiger partial charge on any atom is -0.468 e. The molecule has 1 aromatic carbocycles. The minimum atomic E-state index is -0.567. The molecule has 2 atom stereocenters. The van der Waals surface area contributed by atoms with Gasteiger partial charge in [0.25, 0.3) is 0 Å². The summed E-state index contributed by atoms with van der Waals surface area (Å²) in [7, 11) is 0. The number of hydrogen-bond donors (Lipinski definition) is 2. The predicted octanol–water partition coefficient (Wildman–Crippen LogP) is 5.00. The van der Waals surface area contributed by atoms with Crippen LogP contribution in [-0.4, -0.2) is 18.3 Å². The van der Waals surface area contributed by atoms with Gasteiger partial charge in [-0.25, -0.2) is 0 Å². The molecule has 0 bridgehead atoms. The molecule has 0 amide bonds. The predicted molar refractivity (Wildman–Crippen MR) is 120 cm³/mol. The smallest absolute Gasteiger partial charge is 0.183 e. The summed E-state index contributed by atoms with van der Waals surface area (Å²) in [5, 5.41) is 0. The van der Waals surface area contributed by atoms with Crippen LogP contribution in [0.1, 0.15) is 63.9 Å². The number of ether oxygens (including phenoxy) is 1. The van der Waals surface area contributed by atoms with Crippen molar-refractivity contribution in [3.05, 3.63) is 29.8 Å². The van der Waals surface area contributed by atoms with Crippen molar-refractivity contribution in [2.75, 3.05) is 17.2 Å². The van der Waals surface area contributed by atoms with E-state index in [4.69, 9.17) is 16.2 Å². The van der Waals surface area contributed by atoms with Crippen LogP contribution >= 0.6 is 0 Å². The van der Waals surface area contributed by atoms with Crippen molar-refractivity contribution in [1.29, 1.82) is 0 Å². The van der Waals surface area contributed by atoms with Crippen molar-refractivity contribution in [2.45, 2.75) is 77.0 Å². The molecule has 5 rings (SSSR count). The second-order valence-electron chi connectivity index (χ2n) is 10.3. The third-order valence-corrected chi connectivity index (χ3v) is 8.23. The lowest BCUT2D eigenvalue weighted by Gasteiger charge is -2.44. The number of allylic oxidation sites excluding steroid dienone is 2. The van der Waals surface area contributed by atoms with E-state index < -0.39 is 5.72 Å². The molecule has 1 unspecified atom stereocenters. The first-order valence-electron chi connectivity index (χ1n) is 11.8. The van der Waals surface area contributed by atoms with Crippen molar-refractivity contribution >= 4 is 11.4 Å². The third-order valence-electron chi connectivity index (χ3n) is 8.23. The standard InChI is InChI=1S/C25H37N3O/c1-16-3-6-18(7-4-16)8-9-19-10-12-20(13-11-19)25(27)22-15-28(22)24-21(29-25)14-5-17(2)23(24)26/h5,8-9,14,16,18-20,22H,3-4,6-7,10-13,15,26-27H2,1-2H3/b9-8+/t16?,18?,19?,20?,22?,25-,28?/m1/s1. The highest BCUT2D eigenvalue weighted by Gasteiger charge is 2.59. The Kier molecular flexibility index (Phi) is 4.81. The quantitative estimate of drug-likeness (QED) is 0.429. The summed E-state index contributed by atoms with van der Waals surface area (Å²) >= 11 is 0. The van der Waals surface area contributed by atoms with Crippen LogP contribution < -0.4 is 21.1 Å². The van der Waals surface area contributed by atoms with Crippen molar-refractivity contribution < 1.29 is 4.74 Å². The van der Waals surface area contributed by atoms with Gasteiger partial charge < -0.3 is 15.4 Å². The summed E-state index contributed by atoms with van der Waals surface area (Å²) in [5.41, 5.74) is 15.7. The van der Waals surface area contributed by atoms with E-state index in [1.807, 2.05) is 6.07 Å². The van der Waals surface area contributed by atoms with Crippen molar-refractivity contribution in [3.63, 3.8) is 0 Å². The molecule has 2 saturated carbocycles. The van der Waals surface area contributed by atoms with Gasteiger partial charge in [0, 0.05) is 12.5 Å². The maximum atomic E-state index is 6.95. The van der Waals surface area contributed by atoms with Crippen LogP contribution in [0, 0.1) is 30.6 Å². The van der Waals surface area contributed by atoms with Crippen LogP contribution in [0.5, 0.6) is 5.75 Å². The van der Waals surface area contributed by atoms with Gasteiger partial charge in [0.15, 0.2) is 5.72 Å². The van der Waals surface area contributed by atoms with E-state index in [9.17, 15) is 0 Å². The highest BCUT2D eigenvalue weighted by atomic mass is 16.5. The molecule has 4 N–H and O–H groups in total. The summed E-state index contributed by atoms with van der Waals surface area (Å²) in [6.45, 7) is 5.42. The van der Waals surface area contributed by atoms with Gasteiger partial charge >= 0.3 is 0 Å². The largest absolute Gasteiger partial charge is 0.468 e. The molecule has 3 fully saturated rings. The van der Waals surface area contributed by atoms with E-state index in [0.29, 0.717) is 5.92 Å². The average Bonchev–Trinajstić information content (AvgIpc) is 3.53. The number of hydrogen-bond acceptors (Lipinski definition) is 4. The molecule has 29 heavy (non-hydrogen) atoms. The second-order valence-corrected chi connectivity index (χ2v) is 10.3. The lowest BCUT2D eigenvalue weighted by atomic mass is 9.75. The molecule has 158 valence electrons. The van der Waals surface area contributed by atoms with Gasteiger partial charge in [-0.3, -0.25) is 5.73 Å². The summed E-state index contributed by atoms with van der Waals surface area (Å²) in [5.74, 6) is 3.76. The van der Waals surface area contributed by atoms with Crippen LogP contribution in [-0.2, 0) is 0 Å². The van der Waals surface area contributed by atoms with Crippen molar-refractivity contribution in [3.8, 4) is 5.75 Å². The molecule has 2 aliphatic carbocycles. The van der Waals surface area contributed by atoms with Gasteiger partial charge in [0.05, 0.1) is 5.69 Å². The summed E-state index contributed by atoms with van der Waals surface area (Å²) in [4.78, 5) is 2.36. The fourth-order valence-electron chi connectivity index (χ4n) is 6.01. The molecule has 0 radical (unpaired) electrons. The van der Waals surface area contributed by atoms with Gasteiger partial charge in [-0.1, -0.05) is 38.0 Å². The zero-order valence-electron chi connectivity index (χ0n) is 18.1. The van der Waals surface area contributed by atoms with Crippen LogP contribution in [0.15, 0.2) is 24.3 Å². The number of anilines is 2. The number of rotatable bonds is 3. The maximum absolute atomic E-state index is 6.95. The van der Waals surface area contributed by atoms with Gasteiger partial charge in [-0.05, 0) is 74.8 Å². The van der Waals surface area contributed by atoms with E-state index in [1.54, 1.807) is 0 Å². The Morgan fingerprint density at radius 2 is 1.62 bits per heavy atom. The van der Waals surface area contributed by atoms with Gasteiger partial charge in [-0.2, -0.15) is 0 Å². The fourth-order valence-corrected chi connectivity index (χ4v) is 6.01. The summed E-state index contributed by atoms with van der Waals surface area (Å²) in [6, 6.07) is 4.38. The molecule has 1 aromatic rings. The van der Waals surface area contributed by atoms with E-state index in [1.165, 1.54) is 38.5 Å². The monoisotopic (exact) mass is 395 g/mol. The molecule has 2 aliphatic heterocycles. The zero-order valence-corrected chi connectivity index (χ0v) is 18.1. The second kappa shape index (κ2) is 7.23.